The minimum Gasteiger partial charge on any atom is -0.397 e. The molecule has 2 N–H and O–H groups in total. The summed E-state index contributed by atoms with van der Waals surface area (Å²) in [5.74, 6) is -0.232. The summed E-state index contributed by atoms with van der Waals surface area (Å²) in [6, 6.07) is 12.0. The maximum absolute atomic E-state index is 13.3. The first kappa shape index (κ1) is 12.9. The van der Waals surface area contributed by atoms with Crippen LogP contribution in [0.4, 0.5) is 21.5 Å². The predicted octanol–water partition coefficient (Wildman–Crippen LogP) is 3.36. The van der Waals surface area contributed by atoms with Gasteiger partial charge in [-0.3, -0.25) is 0 Å². The highest BCUT2D eigenvalue weighted by Crippen LogP contribution is 2.30. The first-order valence-electron chi connectivity index (χ1n) is 5.82. The zero-order chi connectivity index (χ0) is 14.0. The fourth-order valence-electron chi connectivity index (χ4n) is 1.91. The lowest BCUT2D eigenvalue weighted by atomic mass is 10.1. The van der Waals surface area contributed by atoms with Gasteiger partial charge in [0.2, 0.25) is 0 Å². The normalized spacial score (nSPS) is 10.0. The first-order valence-corrected chi connectivity index (χ1v) is 5.82. The molecule has 4 heteroatoms. The molecule has 0 aliphatic rings. The molecule has 0 fully saturated rings. The van der Waals surface area contributed by atoms with Gasteiger partial charge in [0.05, 0.1) is 23.0 Å². The third-order valence-corrected chi connectivity index (χ3v) is 3.05. The number of anilines is 3. The van der Waals surface area contributed by atoms with Crippen LogP contribution in [-0.4, -0.2) is 7.05 Å². The molecule has 0 bridgehead atoms. The molecule has 0 saturated heterocycles. The minimum atomic E-state index is -0.232. The Morgan fingerprint density at radius 2 is 1.95 bits per heavy atom. The van der Waals surface area contributed by atoms with Gasteiger partial charge in [0, 0.05) is 12.7 Å². The van der Waals surface area contributed by atoms with E-state index in [9.17, 15) is 4.39 Å². The topological polar surface area (TPSA) is 53.0 Å². The Hall–Kier alpha value is -2.54. The van der Waals surface area contributed by atoms with Crippen molar-refractivity contribution in [3.63, 3.8) is 0 Å². The molecule has 0 amide bonds. The van der Waals surface area contributed by atoms with Crippen molar-refractivity contribution in [2.45, 2.75) is 6.92 Å². The summed E-state index contributed by atoms with van der Waals surface area (Å²) < 4.78 is 13.3. The number of halogens is 1. The Morgan fingerprint density at radius 3 is 2.53 bits per heavy atom. The van der Waals surface area contributed by atoms with Crippen LogP contribution in [0.3, 0.4) is 0 Å². The number of nitrogen functional groups attached to an aromatic ring is 1. The molecular weight excluding hydrogens is 241 g/mol. The third-order valence-electron chi connectivity index (χ3n) is 3.05. The van der Waals surface area contributed by atoms with Crippen molar-refractivity contribution in [3.05, 3.63) is 53.3 Å². The maximum Gasteiger partial charge on any atom is 0.126 e. The molecule has 0 atom stereocenters. The maximum atomic E-state index is 13.3. The second-order valence-electron chi connectivity index (χ2n) is 4.38. The van der Waals surface area contributed by atoms with E-state index < -0.39 is 0 Å². The van der Waals surface area contributed by atoms with E-state index in [0.717, 1.165) is 11.4 Å². The van der Waals surface area contributed by atoms with Crippen molar-refractivity contribution in [1.29, 1.82) is 5.26 Å². The van der Waals surface area contributed by atoms with Crippen molar-refractivity contribution in [1.82, 2.24) is 0 Å². The molecule has 0 aliphatic heterocycles. The van der Waals surface area contributed by atoms with E-state index in [-0.39, 0.29) is 5.82 Å². The van der Waals surface area contributed by atoms with Crippen LogP contribution in [-0.2, 0) is 0 Å². The smallest absolute Gasteiger partial charge is 0.126 e. The molecule has 0 spiro atoms. The Labute approximate surface area is 111 Å². The van der Waals surface area contributed by atoms with Gasteiger partial charge in [0.15, 0.2) is 0 Å². The fourth-order valence-corrected chi connectivity index (χ4v) is 1.91. The number of hydrogen-bond donors (Lipinski definition) is 1. The van der Waals surface area contributed by atoms with Crippen LogP contribution in [0.25, 0.3) is 0 Å². The van der Waals surface area contributed by atoms with Crippen LogP contribution in [0.5, 0.6) is 0 Å². The van der Waals surface area contributed by atoms with E-state index in [4.69, 9.17) is 11.0 Å². The molecule has 0 aromatic heterocycles. The summed E-state index contributed by atoms with van der Waals surface area (Å²) in [7, 11) is 1.85. The fraction of sp³-hybridized carbons (Fsp3) is 0.133. The van der Waals surface area contributed by atoms with Gasteiger partial charge in [0.25, 0.3) is 0 Å². The Kier molecular flexibility index (Phi) is 3.39. The molecule has 0 radical (unpaired) electrons. The molecule has 2 rings (SSSR count). The van der Waals surface area contributed by atoms with E-state index in [0.29, 0.717) is 16.8 Å². The highest BCUT2D eigenvalue weighted by Gasteiger charge is 2.09. The largest absolute Gasteiger partial charge is 0.397 e. The predicted molar refractivity (Wildman–Crippen MR) is 74.8 cm³/mol. The first-order chi connectivity index (χ1) is 9.02. The summed E-state index contributed by atoms with van der Waals surface area (Å²) in [5.41, 5.74) is 9.18. The average molecular weight is 255 g/mol. The number of aryl methyl sites for hydroxylation is 1. The van der Waals surface area contributed by atoms with Gasteiger partial charge in [-0.2, -0.15) is 5.26 Å². The highest BCUT2D eigenvalue weighted by atomic mass is 19.1. The summed E-state index contributed by atoms with van der Waals surface area (Å²) in [4.78, 5) is 1.86. The Balaban J connectivity index is 2.41. The van der Waals surface area contributed by atoms with E-state index in [1.165, 1.54) is 6.07 Å². The molecule has 0 aliphatic carbocycles. The zero-order valence-corrected chi connectivity index (χ0v) is 10.8. The van der Waals surface area contributed by atoms with Gasteiger partial charge in [-0.05, 0) is 48.9 Å². The number of benzene rings is 2. The molecule has 96 valence electrons. The number of nitrogens with two attached hydrogens (primary N) is 1. The summed E-state index contributed by atoms with van der Waals surface area (Å²) >= 11 is 0. The minimum absolute atomic E-state index is 0.232. The number of nitriles is 1. The summed E-state index contributed by atoms with van der Waals surface area (Å²) in [5, 5.41) is 8.81. The molecule has 3 nitrogen and oxygen atoms in total. The SMILES string of the molecule is Cc1cc(N(C)c2ccc(C#N)cc2N)ccc1F. The van der Waals surface area contributed by atoms with Gasteiger partial charge in [-0.15, -0.1) is 0 Å². The van der Waals surface area contributed by atoms with Gasteiger partial charge >= 0.3 is 0 Å². The molecular formula is C15H14FN3. The summed E-state index contributed by atoms with van der Waals surface area (Å²) in [6.07, 6.45) is 0. The monoisotopic (exact) mass is 255 g/mol. The molecule has 0 heterocycles. The van der Waals surface area contributed by atoms with Crippen LogP contribution >= 0.6 is 0 Å². The van der Waals surface area contributed by atoms with Crippen LogP contribution in [0.15, 0.2) is 36.4 Å². The summed E-state index contributed by atoms with van der Waals surface area (Å²) in [6.45, 7) is 1.72. The zero-order valence-electron chi connectivity index (χ0n) is 10.8. The van der Waals surface area contributed by atoms with E-state index in [1.807, 2.05) is 18.0 Å². The van der Waals surface area contributed by atoms with E-state index in [2.05, 4.69) is 0 Å². The van der Waals surface area contributed by atoms with Gasteiger partial charge in [-0.1, -0.05) is 0 Å². The van der Waals surface area contributed by atoms with Crippen molar-refractivity contribution < 1.29 is 4.39 Å². The molecule has 0 saturated carbocycles. The van der Waals surface area contributed by atoms with Crippen LogP contribution in [0.1, 0.15) is 11.1 Å². The van der Waals surface area contributed by atoms with Crippen LogP contribution in [0.2, 0.25) is 0 Å². The molecule has 0 unspecified atom stereocenters. The second-order valence-corrected chi connectivity index (χ2v) is 4.38. The third kappa shape index (κ3) is 2.50. The average Bonchev–Trinajstić information content (AvgIpc) is 2.41. The van der Waals surface area contributed by atoms with Gasteiger partial charge in [0.1, 0.15) is 5.82 Å². The van der Waals surface area contributed by atoms with Crippen LogP contribution in [0, 0.1) is 24.1 Å². The lowest BCUT2D eigenvalue weighted by Crippen LogP contribution is -2.12. The second kappa shape index (κ2) is 4.99. The quantitative estimate of drug-likeness (QED) is 0.837. The molecule has 2 aromatic rings. The van der Waals surface area contributed by atoms with Gasteiger partial charge in [-0.25, -0.2) is 4.39 Å². The van der Waals surface area contributed by atoms with Crippen molar-refractivity contribution in [2.75, 3.05) is 17.7 Å². The lowest BCUT2D eigenvalue weighted by molar-refractivity contribution is 0.618. The van der Waals surface area contributed by atoms with E-state index >= 15 is 0 Å². The van der Waals surface area contributed by atoms with Crippen molar-refractivity contribution in [2.24, 2.45) is 0 Å². The van der Waals surface area contributed by atoms with Crippen molar-refractivity contribution >= 4 is 17.1 Å². The number of hydrogen-bond acceptors (Lipinski definition) is 3. The standard InChI is InChI=1S/C15H14FN3/c1-10-7-12(4-5-13(10)16)19(2)15-6-3-11(9-17)8-14(15)18/h3-8H,18H2,1-2H3. The Bertz CT molecular complexity index is 659. The highest BCUT2D eigenvalue weighted by molar-refractivity contribution is 5.75. The van der Waals surface area contributed by atoms with Crippen LogP contribution < -0.4 is 10.6 Å². The van der Waals surface area contributed by atoms with E-state index in [1.54, 1.807) is 37.3 Å². The number of nitrogens with zero attached hydrogens (tertiary/aromatic N) is 2. The molecule has 2 aromatic carbocycles. The van der Waals surface area contributed by atoms with Crippen molar-refractivity contribution in [3.8, 4) is 6.07 Å². The van der Waals surface area contributed by atoms with Gasteiger partial charge < -0.3 is 10.6 Å². The lowest BCUT2D eigenvalue weighted by Gasteiger charge is -2.22. The Morgan fingerprint density at radius 1 is 1.21 bits per heavy atom. The molecule has 19 heavy (non-hydrogen) atoms. The number of rotatable bonds is 2.